The van der Waals surface area contributed by atoms with Crippen LogP contribution in [0.25, 0.3) is 11.5 Å². The van der Waals surface area contributed by atoms with Crippen LogP contribution in [0.2, 0.25) is 0 Å². The summed E-state index contributed by atoms with van der Waals surface area (Å²) >= 11 is 0. The van der Waals surface area contributed by atoms with Crippen molar-refractivity contribution in [3.05, 3.63) is 53.6 Å². The second-order valence-electron chi connectivity index (χ2n) is 6.25. The molecule has 0 bridgehead atoms. The third kappa shape index (κ3) is 3.43. The Morgan fingerprint density at radius 3 is 2.89 bits per heavy atom. The zero-order valence-corrected chi connectivity index (χ0v) is 14.8. The highest BCUT2D eigenvalue weighted by atomic mass is 16.5. The summed E-state index contributed by atoms with van der Waals surface area (Å²) in [4.78, 5) is 30.3. The van der Waals surface area contributed by atoms with Crippen molar-refractivity contribution in [3.63, 3.8) is 0 Å². The maximum atomic E-state index is 12.3. The quantitative estimate of drug-likeness (QED) is 0.722. The predicted molar refractivity (Wildman–Crippen MR) is 95.0 cm³/mol. The number of aromatic nitrogens is 4. The molecule has 1 aliphatic rings. The number of amides is 2. The van der Waals surface area contributed by atoms with Gasteiger partial charge in [0.1, 0.15) is 5.69 Å². The number of carbonyl (C=O) groups excluding carboxylic acids is 2. The van der Waals surface area contributed by atoms with Crippen LogP contribution in [0.3, 0.4) is 0 Å². The Hall–Kier alpha value is -3.49. The van der Waals surface area contributed by atoms with E-state index in [9.17, 15) is 9.59 Å². The van der Waals surface area contributed by atoms with Crippen LogP contribution in [0.15, 0.2) is 40.9 Å². The second-order valence-corrected chi connectivity index (χ2v) is 6.25. The topological polar surface area (TPSA) is 106 Å². The highest BCUT2D eigenvalue weighted by molar-refractivity contribution is 5.98. The zero-order valence-electron chi connectivity index (χ0n) is 14.8. The van der Waals surface area contributed by atoms with Gasteiger partial charge in [-0.1, -0.05) is 23.4 Å². The first kappa shape index (κ1) is 17.0. The minimum absolute atomic E-state index is 0.131. The predicted octanol–water partition coefficient (Wildman–Crippen LogP) is 0.991. The number of nitrogens with one attached hydrogen (secondary N) is 1. The Bertz CT molecular complexity index is 978. The zero-order chi connectivity index (χ0) is 18.8. The van der Waals surface area contributed by atoms with Crippen molar-refractivity contribution in [3.8, 4) is 11.5 Å². The largest absolute Gasteiger partial charge is 0.350 e. The molecule has 0 unspecified atom stereocenters. The first-order valence-corrected chi connectivity index (χ1v) is 8.61. The molecule has 1 N–H and O–H groups in total. The number of carbonyl (C=O) groups is 2. The van der Waals surface area contributed by atoms with Crippen molar-refractivity contribution < 1.29 is 14.1 Å². The van der Waals surface area contributed by atoms with Crippen molar-refractivity contribution in [2.24, 2.45) is 0 Å². The Kier molecular flexibility index (Phi) is 4.41. The van der Waals surface area contributed by atoms with Crippen molar-refractivity contribution in [1.82, 2.24) is 30.1 Å². The number of nitrogens with zero attached hydrogens (tertiary/aromatic N) is 5. The molecule has 9 nitrogen and oxygen atoms in total. The molecule has 1 aliphatic heterocycles. The van der Waals surface area contributed by atoms with Crippen LogP contribution in [0.4, 0.5) is 0 Å². The molecular weight excluding hydrogens is 348 g/mol. The van der Waals surface area contributed by atoms with Gasteiger partial charge in [-0.2, -0.15) is 10.1 Å². The lowest BCUT2D eigenvalue weighted by atomic mass is 10.2. The number of hydrogen-bond donors (Lipinski definition) is 1. The van der Waals surface area contributed by atoms with E-state index in [4.69, 9.17) is 4.52 Å². The van der Waals surface area contributed by atoms with Gasteiger partial charge in [0.15, 0.2) is 11.5 Å². The molecule has 0 saturated heterocycles. The maximum Gasteiger partial charge on any atom is 0.271 e. The van der Waals surface area contributed by atoms with Gasteiger partial charge in [0.05, 0.1) is 6.54 Å². The lowest BCUT2D eigenvalue weighted by Gasteiger charge is -2.22. The lowest BCUT2D eigenvalue weighted by Crippen LogP contribution is -2.37. The molecule has 0 spiro atoms. The summed E-state index contributed by atoms with van der Waals surface area (Å²) in [5, 5.41) is 10.9. The van der Waals surface area contributed by atoms with Crippen LogP contribution >= 0.6 is 0 Å². The fourth-order valence-electron chi connectivity index (χ4n) is 2.84. The molecule has 3 aromatic rings. The Morgan fingerprint density at radius 1 is 1.26 bits per heavy atom. The maximum absolute atomic E-state index is 12.3. The molecule has 0 saturated carbocycles. The molecular formula is C18H18N6O3. The summed E-state index contributed by atoms with van der Waals surface area (Å²) in [5.41, 5.74) is 1.50. The minimum Gasteiger partial charge on any atom is -0.350 e. The van der Waals surface area contributed by atoms with Gasteiger partial charge < -0.3 is 14.7 Å². The molecule has 4 rings (SSSR count). The van der Waals surface area contributed by atoms with Crippen LogP contribution in [-0.4, -0.2) is 56.8 Å². The van der Waals surface area contributed by atoms with Gasteiger partial charge in [-0.25, -0.2) is 0 Å². The third-order valence-electron chi connectivity index (χ3n) is 4.35. The molecule has 3 heterocycles. The number of likely N-dealkylation sites (N-methyl/N-ethyl adjacent to an activating group) is 1. The smallest absolute Gasteiger partial charge is 0.271 e. The van der Waals surface area contributed by atoms with E-state index in [1.165, 1.54) is 6.07 Å². The molecule has 0 fully saturated rings. The van der Waals surface area contributed by atoms with Gasteiger partial charge in [-0.3, -0.25) is 14.3 Å². The van der Waals surface area contributed by atoms with Gasteiger partial charge in [0.25, 0.3) is 17.7 Å². The Balaban J connectivity index is 1.35. The first-order valence-electron chi connectivity index (χ1n) is 8.61. The van der Waals surface area contributed by atoms with E-state index >= 15 is 0 Å². The molecule has 2 amide bonds. The van der Waals surface area contributed by atoms with E-state index in [2.05, 4.69) is 20.6 Å². The third-order valence-corrected chi connectivity index (χ3v) is 4.35. The molecule has 0 aliphatic carbocycles. The standard InChI is InChI=1S/C18H18N6O3/c1-23-9-10-24-14(18(23)26)11-13(21-24)16(25)19-8-7-15-20-17(27-22-15)12-5-3-2-4-6-12/h2-6,11H,7-10H2,1H3,(H,19,25). The van der Waals surface area contributed by atoms with Gasteiger partial charge in [0, 0.05) is 38.2 Å². The SMILES string of the molecule is CN1CCn2nc(C(=O)NCCc3noc(-c4ccccc4)n3)cc2C1=O. The van der Waals surface area contributed by atoms with Crippen molar-refractivity contribution in [1.29, 1.82) is 0 Å². The van der Waals surface area contributed by atoms with Crippen LogP contribution in [0, 0.1) is 0 Å². The van der Waals surface area contributed by atoms with Crippen molar-refractivity contribution in [2.45, 2.75) is 13.0 Å². The van der Waals surface area contributed by atoms with E-state index < -0.39 is 0 Å². The minimum atomic E-state index is -0.334. The van der Waals surface area contributed by atoms with E-state index in [0.29, 0.717) is 43.5 Å². The van der Waals surface area contributed by atoms with E-state index in [1.54, 1.807) is 16.6 Å². The van der Waals surface area contributed by atoms with E-state index in [1.807, 2.05) is 30.3 Å². The lowest BCUT2D eigenvalue weighted by molar-refractivity contribution is 0.0742. The molecule has 1 aromatic carbocycles. The summed E-state index contributed by atoms with van der Waals surface area (Å²) in [5.74, 6) is 0.489. The first-order chi connectivity index (χ1) is 13.1. The van der Waals surface area contributed by atoms with Crippen molar-refractivity contribution in [2.75, 3.05) is 20.1 Å². The molecule has 138 valence electrons. The van der Waals surface area contributed by atoms with E-state index in [-0.39, 0.29) is 17.5 Å². The van der Waals surface area contributed by atoms with Crippen LogP contribution in [0.1, 0.15) is 26.8 Å². The molecule has 0 atom stereocenters. The number of rotatable bonds is 5. The normalized spacial score (nSPS) is 13.5. The monoisotopic (exact) mass is 366 g/mol. The van der Waals surface area contributed by atoms with Gasteiger partial charge in [-0.15, -0.1) is 0 Å². The van der Waals surface area contributed by atoms with Crippen molar-refractivity contribution >= 4 is 11.8 Å². The highest BCUT2D eigenvalue weighted by Crippen LogP contribution is 2.16. The van der Waals surface area contributed by atoms with Gasteiger partial charge in [-0.05, 0) is 12.1 Å². The van der Waals surface area contributed by atoms with Gasteiger partial charge >= 0.3 is 0 Å². The Labute approximate surface area is 155 Å². The fraction of sp³-hybridized carbons (Fsp3) is 0.278. The average Bonchev–Trinajstić information content (AvgIpc) is 3.33. The summed E-state index contributed by atoms with van der Waals surface area (Å²) < 4.78 is 6.81. The number of hydrogen-bond acceptors (Lipinski definition) is 6. The summed E-state index contributed by atoms with van der Waals surface area (Å²) in [7, 11) is 1.73. The summed E-state index contributed by atoms with van der Waals surface area (Å²) in [6.07, 6.45) is 0.428. The molecule has 27 heavy (non-hydrogen) atoms. The fourth-order valence-corrected chi connectivity index (χ4v) is 2.84. The number of fused-ring (bicyclic) bond motifs is 1. The van der Waals surface area contributed by atoms with E-state index in [0.717, 1.165) is 5.56 Å². The highest BCUT2D eigenvalue weighted by Gasteiger charge is 2.25. The van der Waals surface area contributed by atoms with Gasteiger partial charge in [0.2, 0.25) is 0 Å². The molecule has 9 heteroatoms. The Morgan fingerprint density at radius 2 is 2.07 bits per heavy atom. The average molecular weight is 366 g/mol. The second kappa shape index (κ2) is 7.02. The molecule has 2 aromatic heterocycles. The van der Waals surface area contributed by atoms with Crippen LogP contribution < -0.4 is 5.32 Å². The van der Waals surface area contributed by atoms with Crippen LogP contribution in [-0.2, 0) is 13.0 Å². The van der Waals surface area contributed by atoms with Crippen LogP contribution in [0.5, 0.6) is 0 Å². The number of benzene rings is 1. The summed E-state index contributed by atoms with van der Waals surface area (Å²) in [6.45, 7) is 1.49. The summed E-state index contributed by atoms with van der Waals surface area (Å²) in [6, 6.07) is 11.0. The molecule has 0 radical (unpaired) electrons.